The first-order valence-electron chi connectivity index (χ1n) is 10.7. The molecule has 3 heterocycles. The Labute approximate surface area is 198 Å². The molecule has 2 atom stereocenters. The van der Waals surface area contributed by atoms with Crippen LogP contribution in [0.5, 0.6) is 5.75 Å². The molecule has 2 fully saturated rings. The van der Waals surface area contributed by atoms with Crippen LogP contribution >= 0.6 is 23.1 Å². The molecule has 0 unspecified atom stereocenters. The van der Waals surface area contributed by atoms with Crippen molar-refractivity contribution in [3.8, 4) is 16.9 Å². The molecule has 3 aromatic carbocycles. The van der Waals surface area contributed by atoms with Gasteiger partial charge >= 0.3 is 0 Å². The highest BCUT2D eigenvalue weighted by Gasteiger charge is 2.49. The lowest BCUT2D eigenvalue weighted by molar-refractivity contribution is -0.127. The molecule has 0 radical (unpaired) electrons. The van der Waals surface area contributed by atoms with Crippen LogP contribution in [0, 0.1) is 5.82 Å². The number of hydrogen-bond donors (Lipinski definition) is 1. The summed E-state index contributed by atoms with van der Waals surface area (Å²) in [5.74, 6) is -0.499. The van der Waals surface area contributed by atoms with Crippen LogP contribution in [-0.4, -0.2) is 45.5 Å². The van der Waals surface area contributed by atoms with E-state index in [-0.39, 0.29) is 39.8 Å². The van der Waals surface area contributed by atoms with Gasteiger partial charge in [-0.2, -0.15) is 4.37 Å². The van der Waals surface area contributed by atoms with Gasteiger partial charge in [-0.1, -0.05) is 42.4 Å². The van der Waals surface area contributed by atoms with Gasteiger partial charge in [-0.25, -0.2) is 4.39 Å². The van der Waals surface area contributed by atoms with E-state index in [1.165, 1.54) is 23.7 Å². The number of carbonyl (C=O) groups excluding carboxylic acids is 1. The smallest absolute Gasteiger partial charge is 0.246 e. The van der Waals surface area contributed by atoms with E-state index in [0.29, 0.717) is 24.0 Å². The molecule has 0 spiro atoms. The van der Waals surface area contributed by atoms with E-state index >= 15 is 4.39 Å². The Bertz CT molecular complexity index is 1470. The van der Waals surface area contributed by atoms with E-state index in [4.69, 9.17) is 11.6 Å². The summed E-state index contributed by atoms with van der Waals surface area (Å²) in [6.45, 7) is 4.96. The van der Waals surface area contributed by atoms with Gasteiger partial charge in [0, 0.05) is 24.0 Å². The fourth-order valence-electron chi connectivity index (χ4n) is 5.20. The number of aromatic hydroxyl groups is 1. The molecule has 1 N–H and O–H groups in total. The quantitative estimate of drug-likeness (QED) is 0.389. The molecule has 1 amide bonds. The van der Waals surface area contributed by atoms with Gasteiger partial charge < -0.3 is 14.9 Å². The first kappa shape index (κ1) is 20.4. The summed E-state index contributed by atoms with van der Waals surface area (Å²) in [4.78, 5) is 16.1. The summed E-state index contributed by atoms with van der Waals surface area (Å²) in [7, 11) is 0. The number of anilines is 1. The third kappa shape index (κ3) is 2.96. The summed E-state index contributed by atoms with van der Waals surface area (Å²) < 4.78 is 20.3. The lowest BCUT2D eigenvalue weighted by Crippen LogP contribution is -2.62. The van der Waals surface area contributed by atoms with Gasteiger partial charge in [0.1, 0.15) is 16.3 Å². The number of fused-ring (bicyclic) bond motifs is 3. The molecule has 2 aliphatic heterocycles. The number of likely N-dealkylation sites (tertiary alicyclic amines) is 1. The third-order valence-electron chi connectivity index (χ3n) is 6.78. The second kappa shape index (κ2) is 7.43. The molecule has 5 nitrogen and oxygen atoms in total. The standard InChI is InChI=1S/C25H19ClFN3O2S/c1-2-21(32)29-8-7-19-20(29)12-30(19)25-17-11-18(26)22(23(27)24(17)28-33-25)16-10-14(31)9-13-5-3-4-6-15(13)16/h2-6,9-11,19-20,31H,1,7-8,12H2/t19-,20-/m1/s1. The summed E-state index contributed by atoms with van der Waals surface area (Å²) in [6, 6.07) is 12.8. The van der Waals surface area contributed by atoms with Crippen molar-refractivity contribution in [2.45, 2.75) is 18.5 Å². The molecule has 166 valence electrons. The Morgan fingerprint density at radius 1 is 1.24 bits per heavy atom. The van der Waals surface area contributed by atoms with Crippen molar-refractivity contribution in [3.63, 3.8) is 0 Å². The SMILES string of the molecule is C=CC(=O)N1CC[C@@H]2[C@H]1CN2c1snc2c(F)c(-c3cc(O)cc4ccccc34)c(Cl)cc12. The van der Waals surface area contributed by atoms with E-state index in [9.17, 15) is 9.90 Å². The minimum atomic E-state index is -0.497. The molecule has 1 aromatic heterocycles. The first-order valence-corrected chi connectivity index (χ1v) is 11.8. The number of phenolic OH excluding ortho intramolecular Hbond substituents is 1. The van der Waals surface area contributed by atoms with E-state index in [1.807, 2.05) is 29.2 Å². The van der Waals surface area contributed by atoms with Crippen molar-refractivity contribution in [3.05, 3.63) is 66.0 Å². The highest BCUT2D eigenvalue weighted by molar-refractivity contribution is 7.12. The summed E-state index contributed by atoms with van der Waals surface area (Å²) in [5, 5.41) is 13.6. The minimum absolute atomic E-state index is 0.0460. The third-order valence-corrected chi connectivity index (χ3v) is 7.97. The molecular weight excluding hydrogens is 461 g/mol. The van der Waals surface area contributed by atoms with Gasteiger partial charge in [-0.3, -0.25) is 4.79 Å². The number of halogens is 2. The molecule has 2 aliphatic rings. The van der Waals surface area contributed by atoms with Crippen molar-refractivity contribution >= 4 is 55.7 Å². The van der Waals surface area contributed by atoms with Crippen LogP contribution in [0.3, 0.4) is 0 Å². The maximum Gasteiger partial charge on any atom is 0.246 e. The summed E-state index contributed by atoms with van der Waals surface area (Å²) in [5.41, 5.74) is 1.03. The van der Waals surface area contributed by atoms with Crippen LogP contribution in [0.4, 0.5) is 9.39 Å². The fourth-order valence-corrected chi connectivity index (χ4v) is 6.42. The van der Waals surface area contributed by atoms with Gasteiger partial charge in [0.15, 0.2) is 5.82 Å². The Morgan fingerprint density at radius 3 is 2.88 bits per heavy atom. The number of benzene rings is 3. The van der Waals surface area contributed by atoms with Gasteiger partial charge in [0.25, 0.3) is 0 Å². The van der Waals surface area contributed by atoms with Gasteiger partial charge in [0.2, 0.25) is 5.91 Å². The van der Waals surface area contributed by atoms with Crippen molar-refractivity contribution in [2.75, 3.05) is 18.0 Å². The normalized spacial score (nSPS) is 19.7. The number of rotatable bonds is 3. The minimum Gasteiger partial charge on any atom is -0.508 e. The van der Waals surface area contributed by atoms with Gasteiger partial charge in [0.05, 0.1) is 17.1 Å². The van der Waals surface area contributed by atoms with Crippen molar-refractivity contribution in [2.24, 2.45) is 0 Å². The molecule has 2 saturated heterocycles. The highest BCUT2D eigenvalue weighted by atomic mass is 35.5. The molecule has 6 rings (SSSR count). The zero-order chi connectivity index (χ0) is 22.9. The lowest BCUT2D eigenvalue weighted by atomic mass is 9.95. The average molecular weight is 480 g/mol. The van der Waals surface area contributed by atoms with Crippen LogP contribution in [0.15, 0.2) is 55.1 Å². The molecule has 0 bridgehead atoms. The van der Waals surface area contributed by atoms with Crippen molar-refractivity contribution < 1.29 is 14.3 Å². The van der Waals surface area contributed by atoms with E-state index in [1.54, 1.807) is 12.1 Å². The lowest BCUT2D eigenvalue weighted by Gasteiger charge is -2.47. The summed E-state index contributed by atoms with van der Waals surface area (Å²) in [6.07, 6.45) is 2.21. The Hall–Kier alpha value is -3.16. The largest absolute Gasteiger partial charge is 0.508 e. The van der Waals surface area contributed by atoms with Crippen LogP contribution in [0.1, 0.15) is 6.42 Å². The van der Waals surface area contributed by atoms with E-state index < -0.39 is 5.82 Å². The monoisotopic (exact) mass is 479 g/mol. The van der Waals surface area contributed by atoms with Gasteiger partial charge in [-0.15, -0.1) is 0 Å². The Kier molecular flexibility index (Phi) is 4.61. The Balaban J connectivity index is 1.44. The molecule has 8 heteroatoms. The first-order chi connectivity index (χ1) is 16.0. The molecule has 0 saturated carbocycles. The maximum absolute atomic E-state index is 15.9. The van der Waals surface area contributed by atoms with Crippen molar-refractivity contribution in [1.82, 2.24) is 9.27 Å². The maximum atomic E-state index is 15.9. The predicted molar refractivity (Wildman–Crippen MR) is 131 cm³/mol. The number of hydrogen-bond acceptors (Lipinski definition) is 5. The van der Waals surface area contributed by atoms with Crippen LogP contribution in [0.2, 0.25) is 5.02 Å². The molecular formula is C25H19ClFN3O2S. The summed E-state index contributed by atoms with van der Waals surface area (Å²) >= 11 is 7.91. The second-order valence-electron chi connectivity index (χ2n) is 8.46. The predicted octanol–water partition coefficient (Wildman–Crippen LogP) is 5.59. The molecule has 33 heavy (non-hydrogen) atoms. The fraction of sp³-hybridized carbons (Fsp3) is 0.200. The van der Waals surface area contributed by atoms with Crippen LogP contribution in [-0.2, 0) is 4.79 Å². The number of aromatic nitrogens is 1. The van der Waals surface area contributed by atoms with Gasteiger partial charge in [-0.05, 0) is 58.6 Å². The van der Waals surface area contributed by atoms with E-state index in [0.717, 1.165) is 22.2 Å². The highest BCUT2D eigenvalue weighted by Crippen LogP contribution is 2.46. The van der Waals surface area contributed by atoms with Crippen LogP contribution < -0.4 is 4.90 Å². The van der Waals surface area contributed by atoms with Crippen molar-refractivity contribution in [1.29, 1.82) is 0 Å². The topological polar surface area (TPSA) is 56.7 Å². The Morgan fingerprint density at radius 2 is 2.06 bits per heavy atom. The zero-order valence-electron chi connectivity index (χ0n) is 17.5. The second-order valence-corrected chi connectivity index (χ2v) is 9.62. The number of phenols is 1. The van der Waals surface area contributed by atoms with Crippen LogP contribution in [0.25, 0.3) is 32.8 Å². The average Bonchev–Trinajstić information content (AvgIpc) is 3.34. The van der Waals surface area contributed by atoms with E-state index in [2.05, 4.69) is 15.9 Å². The number of nitrogens with zero attached hydrogens (tertiary/aromatic N) is 3. The zero-order valence-corrected chi connectivity index (χ0v) is 19.0. The molecule has 0 aliphatic carbocycles. The molecule has 4 aromatic rings. The number of amides is 1. The number of carbonyl (C=O) groups is 1.